The second-order valence-electron chi connectivity index (χ2n) is 6.33. The highest BCUT2D eigenvalue weighted by molar-refractivity contribution is 6.08. The molecule has 24 heavy (non-hydrogen) atoms. The van der Waals surface area contributed by atoms with Crippen LogP contribution in [0.1, 0.15) is 12.8 Å². The van der Waals surface area contributed by atoms with Gasteiger partial charge in [-0.2, -0.15) is 0 Å². The zero-order valence-electron chi connectivity index (χ0n) is 13.1. The number of hydrogen-bond donors (Lipinski definition) is 1. The Morgan fingerprint density at radius 1 is 1.12 bits per heavy atom. The molecule has 0 aliphatic carbocycles. The Bertz CT molecular complexity index is 909. The molecule has 7 heteroatoms. The molecule has 6 nitrogen and oxygen atoms in total. The molecule has 2 aliphatic heterocycles. The van der Waals surface area contributed by atoms with Crippen LogP contribution in [0.15, 0.2) is 24.5 Å². The van der Waals surface area contributed by atoms with Crippen LogP contribution in [-0.4, -0.2) is 47.0 Å². The largest absolute Gasteiger partial charge is 0.354 e. The number of H-pyrrole nitrogens is 1. The Morgan fingerprint density at radius 2 is 1.92 bits per heavy atom. The minimum Gasteiger partial charge on any atom is -0.354 e. The summed E-state index contributed by atoms with van der Waals surface area (Å²) in [6.07, 6.45) is 3.17. The first kappa shape index (κ1) is 14.1. The minimum absolute atomic E-state index is 0.265. The molecule has 0 bridgehead atoms. The maximum Gasteiger partial charge on any atom is 0.171 e. The number of nitrogens with one attached hydrogen (secondary N) is 1. The van der Waals surface area contributed by atoms with Crippen molar-refractivity contribution in [1.82, 2.24) is 15.0 Å². The van der Waals surface area contributed by atoms with Crippen LogP contribution >= 0.6 is 0 Å². The fourth-order valence-corrected chi connectivity index (χ4v) is 3.74. The smallest absolute Gasteiger partial charge is 0.171 e. The maximum atomic E-state index is 13.6. The molecule has 3 aromatic rings. The number of aromatic nitrogens is 3. The Hall–Kier alpha value is -2.25. The summed E-state index contributed by atoms with van der Waals surface area (Å²) in [6.45, 7) is 2.95. The third-order valence-corrected chi connectivity index (χ3v) is 4.96. The number of rotatable bonds is 1. The standard InChI is InChI=1S/C17H17FN4O2/c18-11-1-2-13-12(9-11)14-15(21-13)16(20-10-19-14)22-5-3-17(4-6-22)23-7-8-24-17/h1-2,9-10,21H,3-8H2. The van der Waals surface area contributed by atoms with Crippen molar-refractivity contribution in [2.45, 2.75) is 18.6 Å². The van der Waals surface area contributed by atoms with Gasteiger partial charge in [-0.25, -0.2) is 14.4 Å². The molecule has 0 unspecified atom stereocenters. The predicted octanol–water partition coefficient (Wildman–Crippen LogP) is 2.59. The lowest BCUT2D eigenvalue weighted by Gasteiger charge is -2.38. The summed E-state index contributed by atoms with van der Waals surface area (Å²) in [5.41, 5.74) is 2.47. The van der Waals surface area contributed by atoms with Crippen LogP contribution in [0.3, 0.4) is 0 Å². The molecule has 0 atom stereocenters. The SMILES string of the molecule is Fc1ccc2[nH]c3c(N4CCC5(CC4)OCCO5)ncnc3c2c1. The molecule has 0 radical (unpaired) electrons. The van der Waals surface area contributed by atoms with Gasteiger partial charge >= 0.3 is 0 Å². The molecular weight excluding hydrogens is 311 g/mol. The van der Waals surface area contributed by atoms with Crippen LogP contribution in [-0.2, 0) is 9.47 Å². The molecule has 0 saturated carbocycles. The van der Waals surface area contributed by atoms with Gasteiger partial charge < -0.3 is 19.4 Å². The molecule has 1 N–H and O–H groups in total. The Kier molecular flexibility index (Phi) is 3.01. The summed E-state index contributed by atoms with van der Waals surface area (Å²) >= 11 is 0. The lowest BCUT2D eigenvalue weighted by atomic mass is 10.0. The van der Waals surface area contributed by atoms with Crippen LogP contribution in [0.5, 0.6) is 0 Å². The van der Waals surface area contributed by atoms with E-state index < -0.39 is 5.79 Å². The second-order valence-corrected chi connectivity index (χ2v) is 6.33. The van der Waals surface area contributed by atoms with Crippen molar-refractivity contribution in [3.8, 4) is 0 Å². The third-order valence-electron chi connectivity index (χ3n) is 4.96. The van der Waals surface area contributed by atoms with Gasteiger partial charge in [0.05, 0.1) is 13.2 Å². The normalized spacial score (nSPS) is 20.5. The summed E-state index contributed by atoms with van der Waals surface area (Å²) < 4.78 is 25.1. The molecule has 2 fully saturated rings. The molecule has 124 valence electrons. The number of anilines is 1. The Labute approximate surface area is 137 Å². The molecule has 2 aliphatic rings. The van der Waals surface area contributed by atoms with Gasteiger partial charge in [0.25, 0.3) is 0 Å². The first-order valence-electron chi connectivity index (χ1n) is 8.19. The van der Waals surface area contributed by atoms with Gasteiger partial charge in [0.1, 0.15) is 23.2 Å². The van der Waals surface area contributed by atoms with E-state index in [9.17, 15) is 4.39 Å². The number of halogens is 1. The number of aromatic amines is 1. The van der Waals surface area contributed by atoms with Gasteiger partial charge in [-0.3, -0.25) is 0 Å². The highest BCUT2D eigenvalue weighted by atomic mass is 19.1. The van der Waals surface area contributed by atoms with E-state index in [1.807, 2.05) is 0 Å². The Balaban J connectivity index is 1.54. The van der Waals surface area contributed by atoms with Gasteiger partial charge in [-0.15, -0.1) is 0 Å². The van der Waals surface area contributed by atoms with Crippen molar-refractivity contribution >= 4 is 27.8 Å². The number of nitrogens with zero attached hydrogens (tertiary/aromatic N) is 3. The van der Waals surface area contributed by atoms with Gasteiger partial charge in [0, 0.05) is 36.8 Å². The molecular formula is C17H17FN4O2. The van der Waals surface area contributed by atoms with Gasteiger partial charge in [-0.05, 0) is 18.2 Å². The maximum absolute atomic E-state index is 13.6. The van der Waals surface area contributed by atoms with E-state index in [2.05, 4.69) is 19.9 Å². The molecule has 1 spiro atoms. The molecule has 1 aromatic carbocycles. The monoisotopic (exact) mass is 328 g/mol. The first-order chi connectivity index (χ1) is 11.7. The van der Waals surface area contributed by atoms with E-state index in [0.717, 1.165) is 53.7 Å². The summed E-state index contributed by atoms with van der Waals surface area (Å²) in [5, 5.41) is 0.782. The van der Waals surface area contributed by atoms with Crippen LogP contribution in [0, 0.1) is 5.82 Å². The first-order valence-corrected chi connectivity index (χ1v) is 8.19. The number of piperidine rings is 1. The van der Waals surface area contributed by atoms with E-state index in [1.165, 1.54) is 12.1 Å². The molecule has 4 heterocycles. The fourth-order valence-electron chi connectivity index (χ4n) is 3.74. The summed E-state index contributed by atoms with van der Waals surface area (Å²) in [5.74, 6) is 0.176. The van der Waals surface area contributed by atoms with Crippen LogP contribution in [0.25, 0.3) is 21.9 Å². The minimum atomic E-state index is -0.410. The number of hydrogen-bond acceptors (Lipinski definition) is 5. The van der Waals surface area contributed by atoms with E-state index in [-0.39, 0.29) is 5.82 Å². The number of ether oxygens (including phenoxy) is 2. The average Bonchev–Trinajstić information content (AvgIpc) is 3.20. The predicted molar refractivity (Wildman–Crippen MR) is 87.4 cm³/mol. The van der Waals surface area contributed by atoms with E-state index in [1.54, 1.807) is 12.4 Å². The average molecular weight is 328 g/mol. The lowest BCUT2D eigenvalue weighted by Crippen LogP contribution is -2.45. The van der Waals surface area contributed by atoms with Gasteiger partial charge in [0.15, 0.2) is 11.6 Å². The van der Waals surface area contributed by atoms with E-state index in [0.29, 0.717) is 13.2 Å². The zero-order valence-corrected chi connectivity index (χ0v) is 13.1. The van der Waals surface area contributed by atoms with Crippen LogP contribution in [0.4, 0.5) is 10.2 Å². The van der Waals surface area contributed by atoms with Crippen molar-refractivity contribution in [1.29, 1.82) is 0 Å². The summed E-state index contributed by atoms with van der Waals surface area (Å²) in [4.78, 5) is 14.4. The molecule has 2 saturated heterocycles. The quantitative estimate of drug-likeness (QED) is 0.744. The molecule has 5 rings (SSSR count). The summed E-state index contributed by atoms with van der Waals surface area (Å²) in [7, 11) is 0. The van der Waals surface area contributed by atoms with Crippen LogP contribution < -0.4 is 4.90 Å². The van der Waals surface area contributed by atoms with Crippen molar-refractivity contribution in [3.63, 3.8) is 0 Å². The van der Waals surface area contributed by atoms with E-state index in [4.69, 9.17) is 9.47 Å². The van der Waals surface area contributed by atoms with Crippen molar-refractivity contribution < 1.29 is 13.9 Å². The second kappa shape index (κ2) is 5.12. The zero-order chi connectivity index (χ0) is 16.1. The van der Waals surface area contributed by atoms with Crippen LogP contribution in [0.2, 0.25) is 0 Å². The van der Waals surface area contributed by atoms with Crippen molar-refractivity contribution in [3.05, 3.63) is 30.3 Å². The Morgan fingerprint density at radius 3 is 2.71 bits per heavy atom. The van der Waals surface area contributed by atoms with Crippen molar-refractivity contribution in [2.24, 2.45) is 0 Å². The van der Waals surface area contributed by atoms with Gasteiger partial charge in [-0.1, -0.05) is 0 Å². The summed E-state index contributed by atoms with van der Waals surface area (Å²) in [6, 6.07) is 4.70. The highest BCUT2D eigenvalue weighted by Gasteiger charge is 2.40. The highest BCUT2D eigenvalue weighted by Crippen LogP contribution is 2.35. The van der Waals surface area contributed by atoms with E-state index >= 15 is 0 Å². The number of fused-ring (bicyclic) bond motifs is 3. The van der Waals surface area contributed by atoms with Gasteiger partial charge in [0.2, 0.25) is 0 Å². The molecule has 2 aromatic heterocycles. The topological polar surface area (TPSA) is 63.3 Å². The lowest BCUT2D eigenvalue weighted by molar-refractivity contribution is -0.169. The molecule has 0 amide bonds. The number of benzene rings is 1. The fraction of sp³-hybridized carbons (Fsp3) is 0.412. The third kappa shape index (κ3) is 2.08. The van der Waals surface area contributed by atoms with Crippen molar-refractivity contribution in [2.75, 3.05) is 31.2 Å².